The Morgan fingerprint density at radius 3 is 2.56 bits per heavy atom. The van der Waals surface area contributed by atoms with Gasteiger partial charge in [-0.25, -0.2) is 8.78 Å². The van der Waals surface area contributed by atoms with Crippen LogP contribution in [0.2, 0.25) is 0 Å². The molecule has 2 rings (SSSR count). The average Bonchev–Trinajstić information content (AvgIpc) is 2.29. The molecule has 3 nitrogen and oxygen atoms in total. The number of alkyl halides is 2. The number of nitrogens with one attached hydrogen (secondary N) is 1. The van der Waals surface area contributed by atoms with Gasteiger partial charge in [0.1, 0.15) is 0 Å². The Balaban J connectivity index is 1.86. The second-order valence-corrected chi connectivity index (χ2v) is 4.72. The Hall–Kier alpha value is -0.710. The van der Waals surface area contributed by atoms with Crippen LogP contribution in [-0.4, -0.2) is 42.9 Å². The van der Waals surface area contributed by atoms with E-state index in [1.165, 1.54) is 0 Å². The molecule has 0 aliphatic carbocycles. The van der Waals surface area contributed by atoms with Gasteiger partial charge in [-0.05, 0) is 19.4 Å². The van der Waals surface area contributed by atoms with Gasteiger partial charge in [-0.15, -0.1) is 0 Å². The molecule has 2 aliphatic rings. The SMILES string of the molecule is O=C([C@@H]1CCCNC1)N1CCC(F)(F)CC1. The summed E-state index contributed by atoms with van der Waals surface area (Å²) in [6.07, 6.45) is 1.52. The minimum atomic E-state index is -2.57. The van der Waals surface area contributed by atoms with Crippen LogP contribution in [0.25, 0.3) is 0 Å². The topological polar surface area (TPSA) is 32.3 Å². The van der Waals surface area contributed by atoms with E-state index in [2.05, 4.69) is 5.32 Å². The molecule has 0 radical (unpaired) electrons. The van der Waals surface area contributed by atoms with Crippen molar-refractivity contribution in [3.63, 3.8) is 0 Å². The predicted octanol–water partition coefficient (Wildman–Crippen LogP) is 1.24. The average molecular weight is 232 g/mol. The number of rotatable bonds is 1. The molecule has 0 bridgehead atoms. The monoisotopic (exact) mass is 232 g/mol. The standard InChI is InChI=1S/C11H18F2N2O/c12-11(13)3-6-15(7-4-11)10(16)9-2-1-5-14-8-9/h9,14H,1-8H2/t9-/m1/s1. The summed E-state index contributed by atoms with van der Waals surface area (Å²) in [4.78, 5) is 13.6. The first-order chi connectivity index (χ1) is 7.58. The van der Waals surface area contributed by atoms with Gasteiger partial charge < -0.3 is 10.2 Å². The summed E-state index contributed by atoms with van der Waals surface area (Å²) in [5.41, 5.74) is 0. The number of carbonyl (C=O) groups is 1. The molecule has 1 amide bonds. The van der Waals surface area contributed by atoms with E-state index in [0.717, 1.165) is 19.4 Å². The van der Waals surface area contributed by atoms with Crippen molar-refractivity contribution in [3.8, 4) is 0 Å². The zero-order valence-corrected chi connectivity index (χ0v) is 9.35. The van der Waals surface area contributed by atoms with E-state index < -0.39 is 5.92 Å². The molecular formula is C11H18F2N2O. The summed E-state index contributed by atoms with van der Waals surface area (Å²) in [6, 6.07) is 0. The number of hydrogen-bond donors (Lipinski definition) is 1. The summed E-state index contributed by atoms with van der Waals surface area (Å²) < 4.78 is 25.9. The first-order valence-corrected chi connectivity index (χ1v) is 5.96. The molecule has 5 heteroatoms. The first kappa shape index (κ1) is 11.8. The maximum absolute atomic E-state index is 12.9. The van der Waals surface area contributed by atoms with Crippen LogP contribution in [0.15, 0.2) is 0 Å². The van der Waals surface area contributed by atoms with Gasteiger partial charge >= 0.3 is 0 Å². The highest BCUT2D eigenvalue weighted by molar-refractivity contribution is 5.79. The summed E-state index contributed by atoms with van der Waals surface area (Å²) in [5, 5.41) is 3.18. The molecule has 0 aromatic rings. The van der Waals surface area contributed by atoms with Crippen LogP contribution < -0.4 is 5.32 Å². The fraction of sp³-hybridized carbons (Fsp3) is 0.909. The van der Waals surface area contributed by atoms with E-state index in [4.69, 9.17) is 0 Å². The van der Waals surface area contributed by atoms with Crippen molar-refractivity contribution in [2.24, 2.45) is 5.92 Å². The molecule has 1 N–H and O–H groups in total. The van der Waals surface area contributed by atoms with Crippen molar-refractivity contribution >= 4 is 5.91 Å². The molecule has 0 saturated carbocycles. The Bertz CT molecular complexity index is 255. The lowest BCUT2D eigenvalue weighted by Gasteiger charge is -2.35. The summed E-state index contributed by atoms with van der Waals surface area (Å²) in [5.74, 6) is -2.51. The van der Waals surface area contributed by atoms with Crippen molar-refractivity contribution in [1.29, 1.82) is 0 Å². The molecule has 1 atom stereocenters. The van der Waals surface area contributed by atoms with Gasteiger partial charge in [0.2, 0.25) is 5.91 Å². The summed E-state index contributed by atoms with van der Waals surface area (Å²) in [7, 11) is 0. The minimum absolute atomic E-state index is 0.000437. The van der Waals surface area contributed by atoms with E-state index >= 15 is 0 Å². The van der Waals surface area contributed by atoms with Crippen molar-refractivity contribution in [1.82, 2.24) is 10.2 Å². The van der Waals surface area contributed by atoms with Gasteiger partial charge in [0, 0.05) is 32.5 Å². The summed E-state index contributed by atoms with van der Waals surface area (Å²) >= 11 is 0. The molecular weight excluding hydrogens is 214 g/mol. The molecule has 92 valence electrons. The number of piperidine rings is 2. The van der Waals surface area contributed by atoms with Crippen LogP contribution >= 0.6 is 0 Å². The van der Waals surface area contributed by atoms with Crippen LogP contribution in [0.3, 0.4) is 0 Å². The van der Waals surface area contributed by atoms with Crippen molar-refractivity contribution in [3.05, 3.63) is 0 Å². The quantitative estimate of drug-likeness (QED) is 0.738. The Morgan fingerprint density at radius 1 is 1.31 bits per heavy atom. The smallest absolute Gasteiger partial charge is 0.251 e. The fourth-order valence-electron chi connectivity index (χ4n) is 2.38. The van der Waals surface area contributed by atoms with Gasteiger partial charge in [-0.1, -0.05) is 0 Å². The third-order valence-electron chi connectivity index (χ3n) is 3.45. The highest BCUT2D eigenvalue weighted by Gasteiger charge is 2.37. The highest BCUT2D eigenvalue weighted by Crippen LogP contribution is 2.28. The largest absolute Gasteiger partial charge is 0.342 e. The number of likely N-dealkylation sites (tertiary alicyclic amines) is 1. The molecule has 2 fully saturated rings. The Morgan fingerprint density at radius 2 is 2.00 bits per heavy atom. The van der Waals surface area contributed by atoms with E-state index in [9.17, 15) is 13.6 Å². The molecule has 0 spiro atoms. The van der Waals surface area contributed by atoms with E-state index in [-0.39, 0.29) is 37.8 Å². The van der Waals surface area contributed by atoms with Crippen LogP contribution in [0, 0.1) is 5.92 Å². The number of halogens is 2. The predicted molar refractivity (Wildman–Crippen MR) is 56.4 cm³/mol. The Kier molecular flexibility index (Phi) is 3.42. The first-order valence-electron chi connectivity index (χ1n) is 5.96. The lowest BCUT2D eigenvalue weighted by Crippen LogP contribution is -2.48. The molecule has 2 aliphatic heterocycles. The number of hydrogen-bond acceptors (Lipinski definition) is 2. The second-order valence-electron chi connectivity index (χ2n) is 4.72. The highest BCUT2D eigenvalue weighted by atomic mass is 19.3. The maximum atomic E-state index is 12.9. The normalized spacial score (nSPS) is 30.1. The molecule has 0 aromatic heterocycles. The molecule has 16 heavy (non-hydrogen) atoms. The van der Waals surface area contributed by atoms with Gasteiger partial charge in [-0.3, -0.25) is 4.79 Å². The zero-order valence-electron chi connectivity index (χ0n) is 9.35. The number of amides is 1. The maximum Gasteiger partial charge on any atom is 0.251 e. The van der Waals surface area contributed by atoms with Gasteiger partial charge in [0.15, 0.2) is 0 Å². The number of nitrogens with zero attached hydrogens (tertiary/aromatic N) is 1. The van der Waals surface area contributed by atoms with Gasteiger partial charge in [0.25, 0.3) is 5.92 Å². The summed E-state index contributed by atoms with van der Waals surface area (Å²) in [6.45, 7) is 2.08. The van der Waals surface area contributed by atoms with E-state index in [0.29, 0.717) is 6.54 Å². The van der Waals surface area contributed by atoms with Crippen molar-refractivity contribution in [2.45, 2.75) is 31.6 Å². The van der Waals surface area contributed by atoms with E-state index in [1.807, 2.05) is 0 Å². The lowest BCUT2D eigenvalue weighted by atomic mass is 9.96. The zero-order chi connectivity index (χ0) is 11.6. The van der Waals surface area contributed by atoms with Crippen LogP contribution in [0.5, 0.6) is 0 Å². The van der Waals surface area contributed by atoms with E-state index in [1.54, 1.807) is 4.90 Å². The van der Waals surface area contributed by atoms with Gasteiger partial charge in [0.05, 0.1) is 5.92 Å². The Labute approximate surface area is 94.2 Å². The second kappa shape index (κ2) is 4.65. The van der Waals surface area contributed by atoms with Crippen molar-refractivity contribution < 1.29 is 13.6 Å². The van der Waals surface area contributed by atoms with Crippen LogP contribution in [0.4, 0.5) is 8.78 Å². The number of carbonyl (C=O) groups excluding carboxylic acids is 1. The third-order valence-corrected chi connectivity index (χ3v) is 3.45. The molecule has 0 unspecified atom stereocenters. The molecule has 2 saturated heterocycles. The molecule has 0 aromatic carbocycles. The fourth-order valence-corrected chi connectivity index (χ4v) is 2.38. The molecule has 2 heterocycles. The lowest BCUT2D eigenvalue weighted by molar-refractivity contribution is -0.142. The van der Waals surface area contributed by atoms with Crippen LogP contribution in [0.1, 0.15) is 25.7 Å². The van der Waals surface area contributed by atoms with Crippen molar-refractivity contribution in [2.75, 3.05) is 26.2 Å². The third kappa shape index (κ3) is 2.70. The van der Waals surface area contributed by atoms with Gasteiger partial charge in [-0.2, -0.15) is 0 Å². The minimum Gasteiger partial charge on any atom is -0.342 e. The van der Waals surface area contributed by atoms with Crippen LogP contribution in [-0.2, 0) is 4.79 Å².